The van der Waals surface area contributed by atoms with Gasteiger partial charge in [0.05, 0.1) is 12.2 Å². The molecule has 0 amide bonds. The first-order chi connectivity index (χ1) is 7.20. The number of aryl methyl sites for hydroxylation is 2. The highest BCUT2D eigenvalue weighted by molar-refractivity contribution is 5.03. The molecular weight excluding hydrogens is 194 g/mol. The Labute approximate surface area is 86.9 Å². The molecule has 2 aromatic heterocycles. The van der Waals surface area contributed by atoms with Gasteiger partial charge < -0.3 is 4.52 Å². The first kappa shape index (κ1) is 9.76. The van der Waals surface area contributed by atoms with Gasteiger partial charge in [-0.25, -0.2) is 4.79 Å². The van der Waals surface area contributed by atoms with Gasteiger partial charge in [0.2, 0.25) is 0 Å². The predicted octanol–water partition coefficient (Wildman–Crippen LogP) is 1.01. The molecule has 0 saturated heterocycles. The third-order valence-corrected chi connectivity index (χ3v) is 2.26. The minimum absolute atomic E-state index is 0.0217. The van der Waals surface area contributed by atoms with Crippen molar-refractivity contribution in [1.82, 2.24) is 14.3 Å². The maximum Gasteiger partial charge on any atom is 0.328 e. The largest absolute Gasteiger partial charge is 0.359 e. The first-order valence-corrected chi connectivity index (χ1v) is 4.88. The third kappa shape index (κ3) is 1.86. The molecular formula is C10H13N3O2. The monoisotopic (exact) mass is 207 g/mol. The Balaban J connectivity index is 2.25. The fourth-order valence-electron chi connectivity index (χ4n) is 1.47. The molecule has 0 aromatic carbocycles. The maximum absolute atomic E-state index is 11.7. The molecule has 2 heterocycles. The molecule has 0 aliphatic rings. The molecule has 0 radical (unpaired) electrons. The molecule has 15 heavy (non-hydrogen) atoms. The second kappa shape index (κ2) is 3.76. The van der Waals surface area contributed by atoms with E-state index in [0.717, 1.165) is 5.69 Å². The number of rotatable bonds is 3. The van der Waals surface area contributed by atoms with Crippen LogP contribution < -0.4 is 5.69 Å². The molecule has 0 N–H and O–H groups in total. The van der Waals surface area contributed by atoms with E-state index < -0.39 is 0 Å². The highest BCUT2D eigenvalue weighted by atomic mass is 16.5. The summed E-state index contributed by atoms with van der Waals surface area (Å²) in [4.78, 5) is 11.7. The molecule has 0 spiro atoms. The van der Waals surface area contributed by atoms with Gasteiger partial charge in [-0.2, -0.15) is 0 Å². The number of hydrogen-bond donors (Lipinski definition) is 0. The SMILES string of the molecule is CCn1ccn(Cc2cc(C)no2)c1=O. The van der Waals surface area contributed by atoms with Crippen LogP contribution in [0, 0.1) is 6.92 Å². The van der Waals surface area contributed by atoms with Crippen LogP contribution in [0.1, 0.15) is 18.4 Å². The van der Waals surface area contributed by atoms with Crippen LogP contribution in [0.5, 0.6) is 0 Å². The van der Waals surface area contributed by atoms with Crippen LogP contribution in [0.15, 0.2) is 27.8 Å². The van der Waals surface area contributed by atoms with Crippen LogP contribution in [0.25, 0.3) is 0 Å². The topological polar surface area (TPSA) is 53.0 Å². The van der Waals surface area contributed by atoms with Crippen molar-refractivity contribution in [3.8, 4) is 0 Å². The van der Waals surface area contributed by atoms with Crippen molar-refractivity contribution in [2.24, 2.45) is 0 Å². The van der Waals surface area contributed by atoms with Gasteiger partial charge in [-0.05, 0) is 13.8 Å². The Kier molecular flexibility index (Phi) is 2.45. The molecule has 0 aliphatic carbocycles. The zero-order valence-corrected chi connectivity index (χ0v) is 8.80. The molecule has 0 fully saturated rings. The summed E-state index contributed by atoms with van der Waals surface area (Å²) in [7, 11) is 0. The summed E-state index contributed by atoms with van der Waals surface area (Å²) >= 11 is 0. The number of hydrogen-bond acceptors (Lipinski definition) is 3. The van der Waals surface area contributed by atoms with E-state index >= 15 is 0 Å². The molecule has 2 aromatic rings. The van der Waals surface area contributed by atoms with E-state index in [1.807, 2.05) is 19.9 Å². The Bertz CT molecular complexity index is 507. The van der Waals surface area contributed by atoms with Crippen LogP contribution in [0.4, 0.5) is 0 Å². The van der Waals surface area contributed by atoms with E-state index in [2.05, 4.69) is 5.16 Å². The van der Waals surface area contributed by atoms with Gasteiger partial charge in [0.1, 0.15) is 0 Å². The van der Waals surface area contributed by atoms with Crippen molar-refractivity contribution >= 4 is 0 Å². The van der Waals surface area contributed by atoms with E-state index in [9.17, 15) is 4.79 Å². The van der Waals surface area contributed by atoms with Crippen molar-refractivity contribution in [3.63, 3.8) is 0 Å². The zero-order valence-electron chi connectivity index (χ0n) is 8.80. The first-order valence-electron chi connectivity index (χ1n) is 4.88. The number of aromatic nitrogens is 3. The summed E-state index contributed by atoms with van der Waals surface area (Å²) in [6, 6.07) is 1.83. The second-order valence-corrected chi connectivity index (χ2v) is 3.43. The molecule has 0 atom stereocenters. The van der Waals surface area contributed by atoms with Gasteiger partial charge in [0.15, 0.2) is 5.76 Å². The second-order valence-electron chi connectivity index (χ2n) is 3.43. The number of imidazole rings is 1. The lowest BCUT2D eigenvalue weighted by atomic mass is 10.4. The molecule has 2 rings (SSSR count). The summed E-state index contributed by atoms with van der Waals surface area (Å²) in [5.41, 5.74) is 0.805. The quantitative estimate of drug-likeness (QED) is 0.754. The Morgan fingerprint density at radius 3 is 2.67 bits per heavy atom. The lowest BCUT2D eigenvalue weighted by Crippen LogP contribution is -2.23. The summed E-state index contributed by atoms with van der Waals surface area (Å²) in [5, 5.41) is 3.77. The van der Waals surface area contributed by atoms with Gasteiger partial charge in [0.25, 0.3) is 0 Å². The van der Waals surface area contributed by atoms with Gasteiger partial charge in [-0.1, -0.05) is 5.16 Å². The minimum atomic E-state index is -0.0217. The smallest absolute Gasteiger partial charge is 0.328 e. The van der Waals surface area contributed by atoms with Crippen molar-refractivity contribution in [1.29, 1.82) is 0 Å². The summed E-state index contributed by atoms with van der Waals surface area (Å²) in [6.07, 6.45) is 3.52. The summed E-state index contributed by atoms with van der Waals surface area (Å²) < 4.78 is 8.29. The van der Waals surface area contributed by atoms with Gasteiger partial charge >= 0.3 is 5.69 Å². The van der Waals surface area contributed by atoms with Crippen LogP contribution in [0.3, 0.4) is 0 Å². The lowest BCUT2D eigenvalue weighted by Gasteiger charge is -1.96. The van der Waals surface area contributed by atoms with Crippen LogP contribution >= 0.6 is 0 Å². The van der Waals surface area contributed by atoms with E-state index in [1.54, 1.807) is 21.5 Å². The standard InChI is InChI=1S/C10H13N3O2/c1-3-12-4-5-13(10(12)14)7-9-6-8(2)11-15-9/h4-6H,3,7H2,1-2H3. The summed E-state index contributed by atoms with van der Waals surface area (Å²) in [6.45, 7) is 4.91. The third-order valence-electron chi connectivity index (χ3n) is 2.26. The molecule has 0 unspecified atom stereocenters. The van der Waals surface area contributed by atoms with E-state index in [1.165, 1.54) is 0 Å². The van der Waals surface area contributed by atoms with Crippen molar-refractivity contribution in [2.45, 2.75) is 26.9 Å². The molecule has 5 nitrogen and oxygen atoms in total. The van der Waals surface area contributed by atoms with E-state index in [0.29, 0.717) is 18.8 Å². The average Bonchev–Trinajstić information content (AvgIpc) is 2.76. The molecule has 5 heteroatoms. The average molecular weight is 207 g/mol. The fraction of sp³-hybridized carbons (Fsp3) is 0.400. The number of nitrogens with zero attached hydrogens (tertiary/aromatic N) is 3. The van der Waals surface area contributed by atoms with Crippen LogP contribution in [-0.4, -0.2) is 14.3 Å². The maximum atomic E-state index is 11.7. The fourth-order valence-corrected chi connectivity index (χ4v) is 1.47. The van der Waals surface area contributed by atoms with Gasteiger partial charge in [-0.15, -0.1) is 0 Å². The van der Waals surface area contributed by atoms with Crippen molar-refractivity contribution < 1.29 is 4.52 Å². The minimum Gasteiger partial charge on any atom is -0.359 e. The van der Waals surface area contributed by atoms with Crippen molar-refractivity contribution in [2.75, 3.05) is 0 Å². The lowest BCUT2D eigenvalue weighted by molar-refractivity contribution is 0.371. The molecule has 0 bridgehead atoms. The highest BCUT2D eigenvalue weighted by Crippen LogP contribution is 2.03. The Morgan fingerprint density at radius 1 is 1.40 bits per heavy atom. The molecule has 0 aliphatic heterocycles. The Morgan fingerprint density at radius 2 is 2.13 bits per heavy atom. The van der Waals surface area contributed by atoms with E-state index in [-0.39, 0.29) is 5.69 Å². The van der Waals surface area contributed by atoms with Gasteiger partial charge in [0, 0.05) is 25.0 Å². The van der Waals surface area contributed by atoms with Crippen LogP contribution in [-0.2, 0) is 13.1 Å². The van der Waals surface area contributed by atoms with E-state index in [4.69, 9.17) is 4.52 Å². The van der Waals surface area contributed by atoms with Crippen LogP contribution in [0.2, 0.25) is 0 Å². The predicted molar refractivity (Wildman–Crippen MR) is 54.7 cm³/mol. The Hall–Kier alpha value is -1.78. The van der Waals surface area contributed by atoms with Gasteiger partial charge in [-0.3, -0.25) is 9.13 Å². The molecule has 80 valence electrons. The highest BCUT2D eigenvalue weighted by Gasteiger charge is 2.05. The normalized spacial score (nSPS) is 10.8. The van der Waals surface area contributed by atoms with Crippen molar-refractivity contribution in [3.05, 3.63) is 40.4 Å². The zero-order chi connectivity index (χ0) is 10.8. The molecule has 0 saturated carbocycles. The summed E-state index contributed by atoms with van der Waals surface area (Å²) in [5.74, 6) is 0.698.